The van der Waals surface area contributed by atoms with Crippen molar-refractivity contribution in [2.45, 2.75) is 13.8 Å². The highest BCUT2D eigenvalue weighted by Crippen LogP contribution is 2.19. The first kappa shape index (κ1) is 13.5. The smallest absolute Gasteiger partial charge is 0.277 e. The van der Waals surface area contributed by atoms with Gasteiger partial charge in [0, 0.05) is 11.5 Å². The van der Waals surface area contributed by atoms with Crippen LogP contribution in [0.1, 0.15) is 21.9 Å². The number of carbonyl (C=O) groups excluding carboxylic acids is 1. The Balaban J connectivity index is 2.28. The number of nitrogens with zero attached hydrogens (tertiary/aromatic N) is 3. The Kier molecular flexibility index (Phi) is 3.57. The molecule has 2 aromatic heterocycles. The summed E-state index contributed by atoms with van der Waals surface area (Å²) in [7, 11) is 1.68. The maximum atomic E-state index is 12.2. The zero-order chi connectivity index (χ0) is 14.2. The zero-order valence-electron chi connectivity index (χ0n) is 10.9. The van der Waals surface area contributed by atoms with E-state index in [-0.39, 0.29) is 5.91 Å². The number of carbonyl (C=O) groups is 1. The van der Waals surface area contributed by atoms with E-state index in [0.29, 0.717) is 22.9 Å². The molecule has 100 valence electrons. The number of aromatic nitrogens is 3. The van der Waals surface area contributed by atoms with Crippen molar-refractivity contribution in [2.24, 2.45) is 7.05 Å². The van der Waals surface area contributed by atoms with Gasteiger partial charge in [-0.2, -0.15) is 5.10 Å². The molecule has 0 bridgehead atoms. The fourth-order valence-corrected chi connectivity index (χ4v) is 1.95. The van der Waals surface area contributed by atoms with Crippen LogP contribution in [0.5, 0.6) is 0 Å². The van der Waals surface area contributed by atoms with E-state index in [2.05, 4.69) is 31.3 Å². The first-order valence-corrected chi connectivity index (χ1v) is 6.43. The van der Waals surface area contributed by atoms with Crippen LogP contribution in [0.4, 0.5) is 11.5 Å². The van der Waals surface area contributed by atoms with E-state index >= 15 is 0 Å². The molecule has 0 aliphatic carbocycles. The topological polar surface area (TPSA) is 85.8 Å². The minimum absolute atomic E-state index is 0.324. The van der Waals surface area contributed by atoms with E-state index in [1.807, 2.05) is 13.0 Å². The van der Waals surface area contributed by atoms with Crippen LogP contribution in [0.2, 0.25) is 0 Å². The molecule has 2 aromatic rings. The largest absolute Gasteiger partial charge is 0.395 e. The molecule has 3 N–H and O–H groups in total. The predicted octanol–water partition coefficient (Wildman–Crippen LogP) is 2.03. The summed E-state index contributed by atoms with van der Waals surface area (Å²) in [4.78, 5) is 16.4. The molecule has 2 heterocycles. The Morgan fingerprint density at radius 2 is 2.05 bits per heavy atom. The molecule has 2 rings (SSSR count). The van der Waals surface area contributed by atoms with Crippen molar-refractivity contribution >= 4 is 33.3 Å². The molecule has 0 saturated carbocycles. The zero-order valence-corrected chi connectivity index (χ0v) is 12.4. The van der Waals surface area contributed by atoms with Crippen molar-refractivity contribution < 1.29 is 4.79 Å². The first-order chi connectivity index (χ1) is 8.90. The van der Waals surface area contributed by atoms with Gasteiger partial charge in [0.2, 0.25) is 0 Å². The molecule has 0 aliphatic heterocycles. The van der Waals surface area contributed by atoms with Gasteiger partial charge >= 0.3 is 0 Å². The summed E-state index contributed by atoms with van der Waals surface area (Å²) in [6, 6.07) is 3.55. The van der Waals surface area contributed by atoms with Crippen molar-refractivity contribution in [3.63, 3.8) is 0 Å². The van der Waals surface area contributed by atoms with Crippen LogP contribution < -0.4 is 11.1 Å². The van der Waals surface area contributed by atoms with Gasteiger partial charge in [0.15, 0.2) is 0 Å². The Morgan fingerprint density at radius 3 is 2.58 bits per heavy atom. The van der Waals surface area contributed by atoms with E-state index in [1.165, 1.54) is 4.68 Å². The summed E-state index contributed by atoms with van der Waals surface area (Å²) in [5.74, 6) is 0.152. The number of hydrogen-bond donors (Lipinski definition) is 2. The first-order valence-electron chi connectivity index (χ1n) is 5.63. The minimum Gasteiger partial charge on any atom is -0.395 e. The molecule has 19 heavy (non-hydrogen) atoms. The standard InChI is InChI=1S/C12H14BrN5O/c1-6-8(13)4-5-9(15-6)16-12(19)11-10(14)7(2)17-18(11)3/h4-5H,14H2,1-3H3,(H,15,16,19). The summed E-state index contributed by atoms with van der Waals surface area (Å²) >= 11 is 3.36. The normalized spacial score (nSPS) is 10.5. The summed E-state index contributed by atoms with van der Waals surface area (Å²) in [6.45, 7) is 3.61. The maximum Gasteiger partial charge on any atom is 0.277 e. The third-order valence-electron chi connectivity index (χ3n) is 2.75. The van der Waals surface area contributed by atoms with Crippen molar-refractivity contribution in [2.75, 3.05) is 11.1 Å². The summed E-state index contributed by atoms with van der Waals surface area (Å²) in [6.07, 6.45) is 0. The minimum atomic E-state index is -0.324. The van der Waals surface area contributed by atoms with Gasteiger partial charge in [0.25, 0.3) is 5.91 Å². The molecule has 7 heteroatoms. The van der Waals surface area contributed by atoms with Gasteiger partial charge in [0.05, 0.1) is 17.1 Å². The van der Waals surface area contributed by atoms with E-state index in [9.17, 15) is 4.79 Å². The van der Waals surface area contributed by atoms with E-state index in [1.54, 1.807) is 20.0 Å². The molecule has 1 amide bonds. The fourth-order valence-electron chi connectivity index (χ4n) is 1.73. The third kappa shape index (κ3) is 2.60. The molecule has 0 saturated heterocycles. The highest BCUT2D eigenvalue weighted by atomic mass is 79.9. The molecule has 0 unspecified atom stereocenters. The van der Waals surface area contributed by atoms with Crippen LogP contribution in [0, 0.1) is 13.8 Å². The van der Waals surface area contributed by atoms with E-state index in [0.717, 1.165) is 10.2 Å². The molecule has 6 nitrogen and oxygen atoms in total. The van der Waals surface area contributed by atoms with Crippen molar-refractivity contribution in [1.82, 2.24) is 14.8 Å². The van der Waals surface area contributed by atoms with E-state index in [4.69, 9.17) is 5.73 Å². The van der Waals surface area contributed by atoms with Gasteiger partial charge in [-0.05, 0) is 41.9 Å². The monoisotopic (exact) mass is 323 g/mol. The average molecular weight is 324 g/mol. The van der Waals surface area contributed by atoms with Gasteiger partial charge < -0.3 is 11.1 Å². The Labute approximate surface area is 119 Å². The number of hydrogen-bond acceptors (Lipinski definition) is 4. The lowest BCUT2D eigenvalue weighted by Crippen LogP contribution is -2.18. The maximum absolute atomic E-state index is 12.2. The number of pyridine rings is 1. The van der Waals surface area contributed by atoms with Gasteiger partial charge in [-0.3, -0.25) is 9.48 Å². The highest BCUT2D eigenvalue weighted by Gasteiger charge is 2.18. The Morgan fingerprint density at radius 1 is 1.37 bits per heavy atom. The molecule has 0 aromatic carbocycles. The lowest BCUT2D eigenvalue weighted by atomic mass is 10.3. The number of anilines is 2. The molecule has 0 fully saturated rings. The molecular weight excluding hydrogens is 310 g/mol. The third-order valence-corrected chi connectivity index (χ3v) is 3.58. The lowest BCUT2D eigenvalue weighted by Gasteiger charge is -2.07. The molecular formula is C12H14BrN5O. The second kappa shape index (κ2) is 5.00. The van der Waals surface area contributed by atoms with Crippen molar-refractivity contribution in [1.29, 1.82) is 0 Å². The number of nitrogen functional groups attached to an aromatic ring is 1. The van der Waals surface area contributed by atoms with Crippen molar-refractivity contribution in [3.05, 3.63) is 33.7 Å². The van der Waals surface area contributed by atoms with Crippen molar-refractivity contribution in [3.8, 4) is 0 Å². The molecule has 0 spiro atoms. The predicted molar refractivity (Wildman–Crippen MR) is 77.0 cm³/mol. The van der Waals surface area contributed by atoms with Crippen LogP contribution in [0.25, 0.3) is 0 Å². The molecule has 0 aliphatic rings. The van der Waals surface area contributed by atoms with E-state index < -0.39 is 0 Å². The van der Waals surface area contributed by atoms with Gasteiger partial charge in [-0.1, -0.05) is 0 Å². The quantitative estimate of drug-likeness (QED) is 0.885. The average Bonchev–Trinajstić information content (AvgIpc) is 2.58. The number of amides is 1. The number of rotatable bonds is 2. The SMILES string of the molecule is Cc1nc(NC(=O)c2c(N)c(C)nn2C)ccc1Br. The lowest BCUT2D eigenvalue weighted by molar-refractivity contribution is 0.101. The Hall–Kier alpha value is -1.89. The number of nitrogens with one attached hydrogen (secondary N) is 1. The number of halogens is 1. The second-order valence-electron chi connectivity index (χ2n) is 4.19. The van der Waals surface area contributed by atoms with Crippen LogP contribution in [0.15, 0.2) is 16.6 Å². The molecule has 0 atom stereocenters. The summed E-state index contributed by atoms with van der Waals surface area (Å²) in [5, 5.41) is 6.82. The number of nitrogens with two attached hydrogens (primary N) is 1. The fraction of sp³-hybridized carbons (Fsp3) is 0.250. The second-order valence-corrected chi connectivity index (χ2v) is 5.04. The van der Waals surface area contributed by atoms with Crippen LogP contribution in [0.3, 0.4) is 0 Å². The van der Waals surface area contributed by atoms with Gasteiger partial charge in [0.1, 0.15) is 11.5 Å². The Bertz CT molecular complexity index is 650. The number of aryl methyl sites for hydroxylation is 3. The van der Waals surface area contributed by atoms with Gasteiger partial charge in [-0.25, -0.2) is 4.98 Å². The summed E-state index contributed by atoms with van der Waals surface area (Å²) < 4.78 is 2.35. The van der Waals surface area contributed by atoms with Gasteiger partial charge in [-0.15, -0.1) is 0 Å². The van der Waals surface area contributed by atoms with Crippen LogP contribution >= 0.6 is 15.9 Å². The molecule has 0 radical (unpaired) electrons. The van der Waals surface area contributed by atoms with Crippen LogP contribution in [-0.2, 0) is 7.05 Å². The van der Waals surface area contributed by atoms with Crippen LogP contribution in [-0.4, -0.2) is 20.7 Å². The highest BCUT2D eigenvalue weighted by molar-refractivity contribution is 9.10. The summed E-state index contributed by atoms with van der Waals surface area (Å²) in [5.41, 5.74) is 7.99.